The lowest BCUT2D eigenvalue weighted by Crippen LogP contribution is -2.34. The van der Waals surface area contributed by atoms with Crippen LogP contribution in [0.25, 0.3) is 0 Å². The van der Waals surface area contributed by atoms with Gasteiger partial charge in [0.1, 0.15) is 10.8 Å². The van der Waals surface area contributed by atoms with Crippen molar-refractivity contribution in [2.75, 3.05) is 18.5 Å². The summed E-state index contributed by atoms with van der Waals surface area (Å²) in [5, 5.41) is 21.2. The van der Waals surface area contributed by atoms with E-state index in [9.17, 15) is 14.3 Å². The molecular weight excluding hydrogens is 331 g/mol. The maximum absolute atomic E-state index is 12.9. The van der Waals surface area contributed by atoms with Crippen LogP contribution in [0.4, 0.5) is 10.1 Å². The Morgan fingerprint density at radius 1 is 1.42 bits per heavy atom. The van der Waals surface area contributed by atoms with Gasteiger partial charge in [-0.1, -0.05) is 18.3 Å². The molecule has 1 amide bonds. The van der Waals surface area contributed by atoms with E-state index in [0.29, 0.717) is 18.2 Å². The Hall–Kier alpha value is -1.90. The van der Waals surface area contributed by atoms with E-state index in [2.05, 4.69) is 27.3 Å². The number of hydrogen-bond acceptors (Lipinski definition) is 6. The van der Waals surface area contributed by atoms with Gasteiger partial charge in [0.25, 0.3) is 5.91 Å². The molecule has 0 spiro atoms. The third-order valence-corrected chi connectivity index (χ3v) is 5.19. The molecule has 24 heavy (non-hydrogen) atoms. The second-order valence-electron chi connectivity index (χ2n) is 5.95. The van der Waals surface area contributed by atoms with Crippen molar-refractivity contribution in [2.45, 2.75) is 25.9 Å². The number of amides is 1. The summed E-state index contributed by atoms with van der Waals surface area (Å²) in [5.74, 6) is -0.271. The lowest BCUT2D eigenvalue weighted by molar-refractivity contribution is 0.102. The normalized spacial score (nSPS) is 21.1. The van der Waals surface area contributed by atoms with E-state index >= 15 is 0 Å². The molecule has 6 nitrogen and oxygen atoms in total. The van der Waals surface area contributed by atoms with Gasteiger partial charge in [-0.25, -0.2) is 4.39 Å². The lowest BCUT2D eigenvalue weighted by atomic mass is 10.0. The molecule has 1 aromatic carbocycles. The van der Waals surface area contributed by atoms with Crippen molar-refractivity contribution in [3.63, 3.8) is 0 Å². The van der Waals surface area contributed by atoms with E-state index in [1.165, 1.54) is 35.6 Å². The monoisotopic (exact) mass is 350 g/mol. The number of rotatable bonds is 5. The summed E-state index contributed by atoms with van der Waals surface area (Å²) >= 11 is 1.23. The smallest absolute Gasteiger partial charge is 0.286 e. The van der Waals surface area contributed by atoms with E-state index in [0.717, 1.165) is 18.0 Å². The summed E-state index contributed by atoms with van der Waals surface area (Å²) in [6, 6.07) is 5.68. The number of carbonyl (C=O) groups is 1. The van der Waals surface area contributed by atoms with Crippen LogP contribution in [0.3, 0.4) is 0 Å². The molecule has 2 aromatic rings. The van der Waals surface area contributed by atoms with Gasteiger partial charge in [0.15, 0.2) is 0 Å². The average Bonchev–Trinajstić information content (AvgIpc) is 3.17. The Bertz CT molecular complexity index is 706. The molecule has 2 N–H and O–H groups in total. The van der Waals surface area contributed by atoms with Crippen LogP contribution >= 0.6 is 11.3 Å². The topological polar surface area (TPSA) is 78.4 Å². The number of benzene rings is 1. The van der Waals surface area contributed by atoms with Crippen molar-refractivity contribution >= 4 is 22.9 Å². The number of aliphatic hydroxyl groups excluding tert-OH is 1. The minimum Gasteiger partial charge on any atom is -0.395 e. The number of nitrogens with one attached hydrogen (secondary N) is 1. The number of anilines is 1. The van der Waals surface area contributed by atoms with Crippen LogP contribution in [0.2, 0.25) is 0 Å². The van der Waals surface area contributed by atoms with Gasteiger partial charge >= 0.3 is 0 Å². The fourth-order valence-electron chi connectivity index (χ4n) is 2.88. The summed E-state index contributed by atoms with van der Waals surface area (Å²) in [6.45, 7) is 3.74. The zero-order valence-electron chi connectivity index (χ0n) is 13.3. The Morgan fingerprint density at radius 2 is 2.17 bits per heavy atom. The standard InChI is InChI=1S/C16H19FN4O2S/c1-10-6-7-21(13(10)9-22)8-14-19-20-16(24-14)15(23)18-12-4-2-11(17)3-5-12/h2-5,10,13,22H,6-9H2,1H3,(H,18,23)/t10-,13+/m0/s1. The molecule has 3 rings (SSSR count). The molecule has 128 valence electrons. The molecule has 1 fully saturated rings. The van der Waals surface area contributed by atoms with Gasteiger partial charge in [-0.15, -0.1) is 10.2 Å². The number of aromatic nitrogens is 2. The number of hydrogen-bond donors (Lipinski definition) is 2. The van der Waals surface area contributed by atoms with Crippen LogP contribution in [0.15, 0.2) is 24.3 Å². The Labute approximate surface area is 143 Å². The van der Waals surface area contributed by atoms with Crippen LogP contribution in [-0.4, -0.2) is 45.3 Å². The first kappa shape index (κ1) is 16.9. The van der Waals surface area contributed by atoms with Gasteiger partial charge in [-0.2, -0.15) is 0 Å². The Morgan fingerprint density at radius 3 is 2.88 bits per heavy atom. The van der Waals surface area contributed by atoms with E-state index in [-0.39, 0.29) is 29.4 Å². The van der Waals surface area contributed by atoms with Gasteiger partial charge in [0.2, 0.25) is 5.01 Å². The summed E-state index contributed by atoms with van der Waals surface area (Å²) in [6.07, 6.45) is 1.04. The minimum absolute atomic E-state index is 0.123. The van der Waals surface area contributed by atoms with Crippen molar-refractivity contribution in [3.8, 4) is 0 Å². The second-order valence-corrected chi connectivity index (χ2v) is 7.01. The Kier molecular flexibility index (Phi) is 5.17. The number of likely N-dealkylation sites (tertiary alicyclic amines) is 1. The highest BCUT2D eigenvalue weighted by Gasteiger charge is 2.31. The van der Waals surface area contributed by atoms with Gasteiger partial charge < -0.3 is 10.4 Å². The van der Waals surface area contributed by atoms with Gasteiger partial charge in [-0.05, 0) is 43.1 Å². The average molecular weight is 350 g/mol. The zero-order chi connectivity index (χ0) is 17.1. The fourth-order valence-corrected chi connectivity index (χ4v) is 3.64. The number of halogens is 1. The van der Waals surface area contributed by atoms with Crippen LogP contribution < -0.4 is 5.32 Å². The highest BCUT2D eigenvalue weighted by Crippen LogP contribution is 2.26. The van der Waals surface area contributed by atoms with Crippen molar-refractivity contribution in [2.24, 2.45) is 5.92 Å². The maximum Gasteiger partial charge on any atom is 0.286 e. The van der Waals surface area contributed by atoms with Gasteiger partial charge in [0.05, 0.1) is 13.2 Å². The van der Waals surface area contributed by atoms with Crippen molar-refractivity contribution in [1.29, 1.82) is 0 Å². The first-order valence-corrected chi connectivity index (χ1v) is 8.62. The van der Waals surface area contributed by atoms with E-state index < -0.39 is 0 Å². The predicted molar refractivity (Wildman–Crippen MR) is 89.3 cm³/mol. The predicted octanol–water partition coefficient (Wildman–Crippen LogP) is 2.13. The van der Waals surface area contributed by atoms with Crippen molar-refractivity contribution in [3.05, 3.63) is 40.1 Å². The van der Waals surface area contributed by atoms with E-state index in [1.807, 2.05) is 0 Å². The first-order valence-electron chi connectivity index (χ1n) is 7.81. The molecule has 1 saturated heterocycles. The van der Waals surface area contributed by atoms with Crippen LogP contribution in [0.1, 0.15) is 28.2 Å². The first-order chi connectivity index (χ1) is 11.6. The number of nitrogens with zero attached hydrogens (tertiary/aromatic N) is 3. The van der Waals surface area contributed by atoms with Crippen LogP contribution in [0, 0.1) is 11.7 Å². The largest absolute Gasteiger partial charge is 0.395 e. The van der Waals surface area contributed by atoms with Crippen LogP contribution in [-0.2, 0) is 6.54 Å². The summed E-state index contributed by atoms with van der Waals surface area (Å²) < 4.78 is 12.9. The fraction of sp³-hybridized carbons (Fsp3) is 0.438. The second kappa shape index (κ2) is 7.33. The Balaban J connectivity index is 1.62. The molecule has 8 heteroatoms. The minimum atomic E-state index is -0.362. The zero-order valence-corrected chi connectivity index (χ0v) is 14.1. The summed E-state index contributed by atoms with van der Waals surface area (Å²) in [7, 11) is 0. The molecule has 0 unspecified atom stereocenters. The number of carbonyl (C=O) groups excluding carboxylic acids is 1. The number of aliphatic hydroxyl groups is 1. The summed E-state index contributed by atoms with van der Waals surface area (Å²) in [4.78, 5) is 14.3. The molecule has 0 bridgehead atoms. The van der Waals surface area contributed by atoms with Gasteiger partial charge in [-0.3, -0.25) is 9.69 Å². The quantitative estimate of drug-likeness (QED) is 0.864. The highest BCUT2D eigenvalue weighted by molar-refractivity contribution is 7.13. The third-order valence-electron chi connectivity index (χ3n) is 4.29. The van der Waals surface area contributed by atoms with Crippen molar-refractivity contribution in [1.82, 2.24) is 15.1 Å². The molecular formula is C16H19FN4O2S. The molecule has 2 heterocycles. The highest BCUT2D eigenvalue weighted by atomic mass is 32.1. The molecule has 1 aliphatic heterocycles. The molecule has 1 aromatic heterocycles. The maximum atomic E-state index is 12.9. The lowest BCUT2D eigenvalue weighted by Gasteiger charge is -2.23. The molecule has 1 aliphatic rings. The molecule has 0 aliphatic carbocycles. The van der Waals surface area contributed by atoms with Crippen LogP contribution in [0.5, 0.6) is 0 Å². The molecule has 0 saturated carbocycles. The summed E-state index contributed by atoms with van der Waals surface area (Å²) in [5.41, 5.74) is 0.506. The third kappa shape index (κ3) is 3.77. The van der Waals surface area contributed by atoms with Gasteiger partial charge in [0, 0.05) is 11.7 Å². The van der Waals surface area contributed by atoms with E-state index in [4.69, 9.17) is 0 Å². The molecule has 0 radical (unpaired) electrons. The van der Waals surface area contributed by atoms with Crippen molar-refractivity contribution < 1.29 is 14.3 Å². The van der Waals surface area contributed by atoms with E-state index in [1.54, 1.807) is 0 Å². The molecule has 2 atom stereocenters. The SMILES string of the molecule is C[C@H]1CCN(Cc2nnc(C(=O)Nc3ccc(F)cc3)s2)[C@@H]1CO.